The second kappa shape index (κ2) is 5.83. The lowest BCUT2D eigenvalue weighted by atomic mass is 10.0. The summed E-state index contributed by atoms with van der Waals surface area (Å²) in [6.07, 6.45) is 4.75. The third-order valence-corrected chi connectivity index (χ3v) is 6.81. The molecule has 5 heteroatoms. The van der Waals surface area contributed by atoms with E-state index in [-0.39, 0.29) is 5.25 Å². The van der Waals surface area contributed by atoms with E-state index in [0.29, 0.717) is 5.69 Å². The van der Waals surface area contributed by atoms with Gasteiger partial charge in [-0.3, -0.25) is 4.72 Å². The summed E-state index contributed by atoms with van der Waals surface area (Å²) in [5.74, 6) is 0. The lowest BCUT2D eigenvalue weighted by Gasteiger charge is -2.22. The molecule has 1 aliphatic rings. The van der Waals surface area contributed by atoms with Gasteiger partial charge in [0.2, 0.25) is 10.0 Å². The van der Waals surface area contributed by atoms with Gasteiger partial charge in [-0.05, 0) is 49.9 Å². The molecule has 2 rings (SSSR count). The highest BCUT2D eigenvalue weighted by atomic mass is 79.9. The van der Waals surface area contributed by atoms with Crippen LogP contribution in [0.3, 0.4) is 0 Å². The maximum absolute atomic E-state index is 12.3. The molecule has 0 spiro atoms. The van der Waals surface area contributed by atoms with E-state index in [4.69, 9.17) is 0 Å². The molecule has 0 bridgehead atoms. The number of sulfonamides is 1. The van der Waals surface area contributed by atoms with Gasteiger partial charge >= 0.3 is 0 Å². The summed E-state index contributed by atoms with van der Waals surface area (Å²) in [6, 6.07) is 3.74. The number of nitrogens with one attached hydrogen (secondary N) is 1. The SMILES string of the molecule is Cc1cc(NS(=O)(=O)C2CCCCC2)cc(C)c1Br. The fourth-order valence-corrected chi connectivity index (χ4v) is 4.42. The molecule has 0 amide bonds. The van der Waals surface area contributed by atoms with Crippen LogP contribution in [-0.4, -0.2) is 13.7 Å². The van der Waals surface area contributed by atoms with Gasteiger partial charge in [-0.1, -0.05) is 35.2 Å². The summed E-state index contributed by atoms with van der Waals surface area (Å²) in [4.78, 5) is 0. The summed E-state index contributed by atoms with van der Waals surface area (Å²) in [5, 5.41) is -0.231. The van der Waals surface area contributed by atoms with E-state index in [2.05, 4.69) is 20.7 Å². The molecule has 0 heterocycles. The Bertz CT molecular complexity index is 540. The van der Waals surface area contributed by atoms with Crippen molar-refractivity contribution in [3.05, 3.63) is 27.7 Å². The second-order valence-electron chi connectivity index (χ2n) is 5.33. The zero-order chi connectivity index (χ0) is 14.0. The van der Waals surface area contributed by atoms with Gasteiger partial charge in [-0.25, -0.2) is 8.42 Å². The molecule has 19 heavy (non-hydrogen) atoms. The number of rotatable bonds is 3. The summed E-state index contributed by atoms with van der Waals surface area (Å²) < 4.78 is 28.5. The predicted octanol–water partition coefficient (Wildman–Crippen LogP) is 4.14. The van der Waals surface area contributed by atoms with Gasteiger partial charge < -0.3 is 0 Å². The monoisotopic (exact) mass is 345 g/mol. The van der Waals surface area contributed by atoms with Crippen molar-refractivity contribution >= 4 is 31.6 Å². The molecule has 3 nitrogen and oxygen atoms in total. The fraction of sp³-hybridized carbons (Fsp3) is 0.571. The molecule has 0 aliphatic heterocycles. The number of halogens is 1. The molecule has 1 aliphatic carbocycles. The van der Waals surface area contributed by atoms with Crippen LogP contribution in [0.4, 0.5) is 5.69 Å². The molecular weight excluding hydrogens is 326 g/mol. The largest absolute Gasteiger partial charge is 0.283 e. The Hall–Kier alpha value is -0.550. The third kappa shape index (κ3) is 3.51. The Labute approximate surface area is 124 Å². The minimum atomic E-state index is -3.25. The van der Waals surface area contributed by atoms with Crippen molar-refractivity contribution in [3.63, 3.8) is 0 Å². The van der Waals surface area contributed by atoms with Crippen LogP contribution < -0.4 is 4.72 Å². The van der Waals surface area contributed by atoms with Crippen LogP contribution in [0.1, 0.15) is 43.2 Å². The molecule has 1 N–H and O–H groups in total. The fourth-order valence-electron chi connectivity index (χ4n) is 2.63. The molecule has 1 saturated carbocycles. The quantitative estimate of drug-likeness (QED) is 0.894. The second-order valence-corrected chi connectivity index (χ2v) is 8.08. The van der Waals surface area contributed by atoms with Crippen molar-refractivity contribution in [2.75, 3.05) is 4.72 Å². The van der Waals surface area contributed by atoms with E-state index >= 15 is 0 Å². The van der Waals surface area contributed by atoms with Crippen LogP contribution in [-0.2, 0) is 10.0 Å². The summed E-state index contributed by atoms with van der Waals surface area (Å²) in [7, 11) is -3.25. The van der Waals surface area contributed by atoms with Gasteiger partial charge in [0.15, 0.2) is 0 Å². The Morgan fingerprint density at radius 2 is 1.63 bits per heavy atom. The van der Waals surface area contributed by atoms with Gasteiger partial charge in [0.25, 0.3) is 0 Å². The Morgan fingerprint density at radius 3 is 2.16 bits per heavy atom. The lowest BCUT2D eigenvalue weighted by Crippen LogP contribution is -2.29. The van der Waals surface area contributed by atoms with E-state index in [0.717, 1.165) is 47.7 Å². The maximum Gasteiger partial charge on any atom is 0.235 e. The van der Waals surface area contributed by atoms with E-state index in [1.807, 2.05) is 26.0 Å². The van der Waals surface area contributed by atoms with Crippen molar-refractivity contribution in [3.8, 4) is 0 Å². The van der Waals surface area contributed by atoms with Gasteiger partial charge in [-0.15, -0.1) is 0 Å². The Kier molecular flexibility index (Phi) is 4.56. The van der Waals surface area contributed by atoms with E-state index in [1.165, 1.54) is 0 Å². The first-order chi connectivity index (χ1) is 8.90. The molecule has 0 aromatic heterocycles. The molecule has 0 saturated heterocycles. The van der Waals surface area contributed by atoms with Crippen LogP contribution in [0.2, 0.25) is 0 Å². The Morgan fingerprint density at radius 1 is 1.11 bits per heavy atom. The summed E-state index contributed by atoms with van der Waals surface area (Å²) in [6.45, 7) is 3.94. The first-order valence-electron chi connectivity index (χ1n) is 6.68. The number of hydrogen-bond acceptors (Lipinski definition) is 2. The molecule has 1 aromatic rings. The van der Waals surface area contributed by atoms with Crippen LogP contribution in [0.5, 0.6) is 0 Å². The molecule has 0 radical (unpaired) electrons. The molecule has 106 valence electrons. The average molecular weight is 346 g/mol. The summed E-state index contributed by atoms with van der Waals surface area (Å²) in [5.41, 5.74) is 2.76. The minimum Gasteiger partial charge on any atom is -0.283 e. The van der Waals surface area contributed by atoms with Gasteiger partial charge in [-0.2, -0.15) is 0 Å². The van der Waals surface area contributed by atoms with Crippen molar-refractivity contribution in [2.45, 2.75) is 51.2 Å². The van der Waals surface area contributed by atoms with Gasteiger partial charge in [0.05, 0.1) is 5.25 Å². The number of anilines is 1. The van der Waals surface area contributed by atoms with Gasteiger partial charge in [0.1, 0.15) is 0 Å². The zero-order valence-corrected chi connectivity index (χ0v) is 13.8. The van der Waals surface area contributed by atoms with E-state index < -0.39 is 10.0 Å². The molecule has 0 unspecified atom stereocenters. The smallest absolute Gasteiger partial charge is 0.235 e. The number of benzene rings is 1. The summed E-state index contributed by atoms with van der Waals surface area (Å²) >= 11 is 3.49. The van der Waals surface area contributed by atoms with E-state index in [1.54, 1.807) is 0 Å². The van der Waals surface area contributed by atoms with Crippen molar-refractivity contribution in [1.29, 1.82) is 0 Å². The van der Waals surface area contributed by atoms with E-state index in [9.17, 15) is 8.42 Å². The average Bonchev–Trinajstić information content (AvgIpc) is 2.36. The Balaban J connectivity index is 2.20. The molecule has 1 aromatic carbocycles. The van der Waals surface area contributed by atoms with Crippen molar-refractivity contribution < 1.29 is 8.42 Å². The first-order valence-corrected chi connectivity index (χ1v) is 9.02. The highest BCUT2D eigenvalue weighted by molar-refractivity contribution is 9.10. The molecule has 0 atom stereocenters. The van der Waals surface area contributed by atoms with Crippen molar-refractivity contribution in [2.24, 2.45) is 0 Å². The molecule has 1 fully saturated rings. The maximum atomic E-state index is 12.3. The van der Waals surface area contributed by atoms with Crippen LogP contribution >= 0.6 is 15.9 Å². The highest BCUT2D eigenvalue weighted by Gasteiger charge is 2.27. The topological polar surface area (TPSA) is 46.2 Å². The standard InChI is InChI=1S/C14H20BrNO2S/c1-10-8-12(9-11(2)14(10)15)16-19(17,18)13-6-4-3-5-7-13/h8-9,13,16H,3-7H2,1-2H3. The first kappa shape index (κ1) is 14.9. The number of aryl methyl sites for hydroxylation is 2. The lowest BCUT2D eigenvalue weighted by molar-refractivity contribution is 0.486. The normalized spacial score (nSPS) is 17.4. The zero-order valence-electron chi connectivity index (χ0n) is 11.4. The molecular formula is C14H20BrNO2S. The van der Waals surface area contributed by atoms with Crippen LogP contribution in [0.25, 0.3) is 0 Å². The predicted molar refractivity (Wildman–Crippen MR) is 83.0 cm³/mol. The van der Waals surface area contributed by atoms with Crippen LogP contribution in [0, 0.1) is 13.8 Å². The number of hydrogen-bond donors (Lipinski definition) is 1. The third-order valence-electron chi connectivity index (χ3n) is 3.69. The minimum absolute atomic E-state index is 0.231. The van der Waals surface area contributed by atoms with Crippen LogP contribution in [0.15, 0.2) is 16.6 Å². The van der Waals surface area contributed by atoms with Crippen molar-refractivity contribution in [1.82, 2.24) is 0 Å². The highest BCUT2D eigenvalue weighted by Crippen LogP contribution is 2.28. The van der Waals surface area contributed by atoms with Gasteiger partial charge in [0, 0.05) is 10.2 Å².